The summed E-state index contributed by atoms with van der Waals surface area (Å²) in [7, 11) is 0. The van der Waals surface area contributed by atoms with Crippen LogP contribution in [0, 0.1) is 6.92 Å². The molecular formula is C17H19N5O2. The van der Waals surface area contributed by atoms with E-state index in [1.807, 2.05) is 13.8 Å². The molecule has 1 aromatic carbocycles. The second kappa shape index (κ2) is 6.27. The largest absolute Gasteiger partial charge is 0.478 e. The molecule has 2 N–H and O–H groups in total. The third-order valence-corrected chi connectivity index (χ3v) is 4.00. The van der Waals surface area contributed by atoms with Gasteiger partial charge in [0.2, 0.25) is 0 Å². The van der Waals surface area contributed by atoms with Crippen molar-refractivity contribution in [3.05, 3.63) is 46.9 Å². The number of aromatic nitrogens is 5. The van der Waals surface area contributed by atoms with Crippen LogP contribution in [0.15, 0.2) is 24.3 Å². The van der Waals surface area contributed by atoms with Gasteiger partial charge in [0.1, 0.15) is 5.69 Å². The standard InChI is InChI=1S/C17H19N5O2/c1-4-13-10(3)15(20-19-13)16-18-14(5-2)21-22(16)12-8-6-11(7-9-12)17(23)24/h6-9H,4-5H2,1-3H3,(H,19,20)(H,23,24). The number of nitrogens with zero attached hydrogens (tertiary/aromatic N) is 4. The fourth-order valence-corrected chi connectivity index (χ4v) is 2.58. The molecule has 0 unspecified atom stereocenters. The minimum absolute atomic E-state index is 0.236. The number of nitrogens with one attached hydrogen (secondary N) is 1. The number of carboxylic acid groups (broad SMARTS) is 1. The lowest BCUT2D eigenvalue weighted by Crippen LogP contribution is -2.02. The quantitative estimate of drug-likeness (QED) is 0.752. The van der Waals surface area contributed by atoms with Gasteiger partial charge in [-0.2, -0.15) is 10.2 Å². The Labute approximate surface area is 139 Å². The lowest BCUT2D eigenvalue weighted by atomic mass is 10.1. The van der Waals surface area contributed by atoms with Crippen molar-refractivity contribution in [3.63, 3.8) is 0 Å². The summed E-state index contributed by atoms with van der Waals surface area (Å²) < 4.78 is 1.72. The van der Waals surface area contributed by atoms with Crippen molar-refractivity contribution in [1.82, 2.24) is 25.0 Å². The van der Waals surface area contributed by atoms with Crippen LogP contribution in [-0.4, -0.2) is 36.0 Å². The predicted molar refractivity (Wildman–Crippen MR) is 89.4 cm³/mol. The van der Waals surface area contributed by atoms with Crippen LogP contribution in [0.1, 0.15) is 41.3 Å². The highest BCUT2D eigenvalue weighted by Crippen LogP contribution is 2.25. The number of aryl methyl sites for hydroxylation is 2. The molecule has 0 bridgehead atoms. The van der Waals surface area contributed by atoms with E-state index < -0.39 is 5.97 Å². The molecule has 3 aromatic rings. The van der Waals surface area contributed by atoms with Gasteiger partial charge in [-0.05, 0) is 37.6 Å². The molecule has 124 valence electrons. The number of carboxylic acids is 1. The lowest BCUT2D eigenvalue weighted by Gasteiger charge is -2.05. The van der Waals surface area contributed by atoms with E-state index in [-0.39, 0.29) is 5.56 Å². The van der Waals surface area contributed by atoms with Crippen molar-refractivity contribution < 1.29 is 9.90 Å². The molecule has 0 atom stereocenters. The molecule has 24 heavy (non-hydrogen) atoms. The van der Waals surface area contributed by atoms with Gasteiger partial charge in [0.25, 0.3) is 0 Å². The van der Waals surface area contributed by atoms with Gasteiger partial charge in [0.05, 0.1) is 11.3 Å². The third kappa shape index (κ3) is 2.68. The minimum atomic E-state index is -0.953. The second-order valence-corrected chi connectivity index (χ2v) is 5.50. The van der Waals surface area contributed by atoms with Crippen molar-refractivity contribution in [3.8, 4) is 17.2 Å². The molecule has 2 heterocycles. The molecule has 7 nitrogen and oxygen atoms in total. The number of rotatable bonds is 5. The van der Waals surface area contributed by atoms with Crippen molar-refractivity contribution in [2.24, 2.45) is 0 Å². The van der Waals surface area contributed by atoms with Crippen LogP contribution in [0.2, 0.25) is 0 Å². The van der Waals surface area contributed by atoms with E-state index in [1.165, 1.54) is 0 Å². The van der Waals surface area contributed by atoms with E-state index in [0.717, 1.165) is 29.1 Å². The van der Waals surface area contributed by atoms with Crippen LogP contribution in [0.3, 0.4) is 0 Å². The second-order valence-electron chi connectivity index (χ2n) is 5.50. The van der Waals surface area contributed by atoms with Gasteiger partial charge < -0.3 is 5.11 Å². The summed E-state index contributed by atoms with van der Waals surface area (Å²) in [4.78, 5) is 15.6. The van der Waals surface area contributed by atoms with Gasteiger partial charge in [-0.15, -0.1) is 0 Å². The maximum Gasteiger partial charge on any atom is 0.335 e. The van der Waals surface area contributed by atoms with Crippen molar-refractivity contribution in [2.45, 2.75) is 33.6 Å². The number of aromatic carboxylic acids is 1. The molecule has 0 aliphatic heterocycles. The minimum Gasteiger partial charge on any atom is -0.478 e. The molecule has 3 rings (SSSR count). The summed E-state index contributed by atoms with van der Waals surface area (Å²) in [6.07, 6.45) is 1.57. The van der Waals surface area contributed by atoms with E-state index in [1.54, 1.807) is 28.9 Å². The number of benzene rings is 1. The molecule has 0 spiro atoms. The van der Waals surface area contributed by atoms with Gasteiger partial charge in [-0.25, -0.2) is 14.5 Å². The van der Waals surface area contributed by atoms with Gasteiger partial charge in [-0.1, -0.05) is 13.8 Å². The van der Waals surface area contributed by atoms with Gasteiger partial charge in [0, 0.05) is 17.7 Å². The number of carbonyl (C=O) groups is 1. The summed E-state index contributed by atoms with van der Waals surface area (Å²) in [6.45, 7) is 6.07. The number of aromatic amines is 1. The van der Waals surface area contributed by atoms with E-state index in [0.29, 0.717) is 18.1 Å². The highest BCUT2D eigenvalue weighted by Gasteiger charge is 2.19. The highest BCUT2D eigenvalue weighted by atomic mass is 16.4. The molecule has 0 fully saturated rings. The van der Waals surface area contributed by atoms with Crippen LogP contribution in [-0.2, 0) is 12.8 Å². The summed E-state index contributed by atoms with van der Waals surface area (Å²) in [5.41, 5.74) is 3.87. The number of hydrogen-bond acceptors (Lipinski definition) is 4. The smallest absolute Gasteiger partial charge is 0.335 e. The Hall–Kier alpha value is -2.96. The molecule has 0 saturated carbocycles. The average molecular weight is 325 g/mol. The zero-order valence-electron chi connectivity index (χ0n) is 13.9. The average Bonchev–Trinajstić information content (AvgIpc) is 3.17. The lowest BCUT2D eigenvalue weighted by molar-refractivity contribution is 0.0697. The van der Waals surface area contributed by atoms with E-state index in [9.17, 15) is 4.79 Å². The highest BCUT2D eigenvalue weighted by molar-refractivity contribution is 5.87. The topological polar surface area (TPSA) is 96.7 Å². The van der Waals surface area contributed by atoms with Crippen LogP contribution in [0.4, 0.5) is 0 Å². The van der Waals surface area contributed by atoms with Crippen LogP contribution in [0.5, 0.6) is 0 Å². The summed E-state index contributed by atoms with van der Waals surface area (Å²) in [5, 5.41) is 21.0. The molecule has 0 aliphatic carbocycles. The monoisotopic (exact) mass is 325 g/mol. The first-order valence-corrected chi connectivity index (χ1v) is 7.89. The Balaban J connectivity index is 2.12. The van der Waals surface area contributed by atoms with Gasteiger partial charge in [0.15, 0.2) is 11.6 Å². The van der Waals surface area contributed by atoms with Crippen LogP contribution >= 0.6 is 0 Å². The Morgan fingerprint density at radius 3 is 2.46 bits per heavy atom. The Morgan fingerprint density at radius 1 is 1.21 bits per heavy atom. The molecule has 0 amide bonds. The molecule has 0 saturated heterocycles. The van der Waals surface area contributed by atoms with Gasteiger partial charge >= 0.3 is 5.97 Å². The fraction of sp³-hybridized carbons (Fsp3) is 0.294. The molecular weight excluding hydrogens is 306 g/mol. The third-order valence-electron chi connectivity index (χ3n) is 4.00. The summed E-state index contributed by atoms with van der Waals surface area (Å²) in [5.74, 6) is 0.418. The SMILES string of the molecule is CCc1nc(-c2n[nH]c(CC)c2C)n(-c2ccc(C(=O)O)cc2)n1. The Morgan fingerprint density at radius 2 is 1.92 bits per heavy atom. The van der Waals surface area contributed by atoms with Crippen molar-refractivity contribution in [1.29, 1.82) is 0 Å². The molecule has 0 radical (unpaired) electrons. The predicted octanol–water partition coefficient (Wildman–Crippen LogP) is 2.79. The summed E-state index contributed by atoms with van der Waals surface area (Å²) in [6, 6.07) is 6.57. The molecule has 0 aliphatic rings. The van der Waals surface area contributed by atoms with Gasteiger partial charge in [-0.3, -0.25) is 5.10 Å². The normalized spacial score (nSPS) is 11.0. The fourth-order valence-electron chi connectivity index (χ4n) is 2.58. The maximum atomic E-state index is 11.0. The first-order valence-electron chi connectivity index (χ1n) is 7.89. The molecule has 2 aromatic heterocycles. The Kier molecular flexibility index (Phi) is 4.16. The molecule has 7 heteroatoms. The number of hydrogen-bond donors (Lipinski definition) is 2. The Bertz CT molecular complexity index is 877. The zero-order chi connectivity index (χ0) is 17.3. The van der Waals surface area contributed by atoms with E-state index >= 15 is 0 Å². The van der Waals surface area contributed by atoms with Crippen LogP contribution in [0.25, 0.3) is 17.2 Å². The first-order chi connectivity index (χ1) is 11.5. The zero-order valence-corrected chi connectivity index (χ0v) is 13.9. The number of H-pyrrole nitrogens is 1. The first kappa shape index (κ1) is 15.9. The maximum absolute atomic E-state index is 11.0. The van der Waals surface area contributed by atoms with Crippen molar-refractivity contribution in [2.75, 3.05) is 0 Å². The summed E-state index contributed by atoms with van der Waals surface area (Å²) >= 11 is 0. The van der Waals surface area contributed by atoms with Crippen molar-refractivity contribution >= 4 is 5.97 Å². The van der Waals surface area contributed by atoms with E-state index in [4.69, 9.17) is 5.11 Å². The van der Waals surface area contributed by atoms with E-state index in [2.05, 4.69) is 27.2 Å². The van der Waals surface area contributed by atoms with Crippen LogP contribution < -0.4 is 0 Å².